The van der Waals surface area contributed by atoms with Gasteiger partial charge in [0, 0.05) is 18.0 Å². The number of benzene rings is 1. The molecule has 0 atom stereocenters. The van der Waals surface area contributed by atoms with Crippen molar-refractivity contribution in [2.45, 2.75) is 0 Å². The third kappa shape index (κ3) is 2.74. The molecule has 0 fully saturated rings. The highest BCUT2D eigenvalue weighted by Crippen LogP contribution is 2.22. The molecule has 0 aliphatic rings. The Balaban J connectivity index is 1.69. The van der Waals surface area contributed by atoms with Gasteiger partial charge < -0.3 is 0 Å². The van der Waals surface area contributed by atoms with E-state index in [1.165, 1.54) is 23.5 Å². The summed E-state index contributed by atoms with van der Waals surface area (Å²) in [5, 5.41) is 13.6. The minimum absolute atomic E-state index is 0.259. The molecule has 23 heavy (non-hydrogen) atoms. The Hall–Kier alpha value is -2.93. The number of hydrogen-bond acceptors (Lipinski definition) is 5. The predicted octanol–water partition coefficient (Wildman–Crippen LogP) is 3.56. The van der Waals surface area contributed by atoms with Gasteiger partial charge in [-0.05, 0) is 35.9 Å². The normalized spacial score (nSPS) is 11.5. The van der Waals surface area contributed by atoms with Crippen molar-refractivity contribution in [3.8, 4) is 11.4 Å². The van der Waals surface area contributed by atoms with Crippen LogP contribution in [0.1, 0.15) is 10.6 Å². The molecule has 0 radical (unpaired) electrons. The summed E-state index contributed by atoms with van der Waals surface area (Å²) in [5.74, 6) is 0.411. The first-order chi connectivity index (χ1) is 11.3. The van der Waals surface area contributed by atoms with Crippen molar-refractivity contribution >= 4 is 28.4 Å². The molecule has 0 saturated carbocycles. The molecule has 0 amide bonds. The molecular formula is C16H10FN5S. The SMILES string of the molecule is Fc1cccc(/C=C/c2nn3c(-c4ccncc4)nnc3s2)c1. The number of nitrogens with zero attached hydrogens (tertiary/aromatic N) is 5. The van der Waals surface area contributed by atoms with E-state index >= 15 is 0 Å². The molecule has 0 aliphatic carbocycles. The Kier molecular flexibility index (Phi) is 3.39. The lowest BCUT2D eigenvalue weighted by Crippen LogP contribution is -1.90. The summed E-state index contributed by atoms with van der Waals surface area (Å²) in [7, 11) is 0. The van der Waals surface area contributed by atoms with Gasteiger partial charge in [-0.3, -0.25) is 4.98 Å². The van der Waals surface area contributed by atoms with Crippen LogP contribution in [0.2, 0.25) is 0 Å². The van der Waals surface area contributed by atoms with E-state index in [4.69, 9.17) is 0 Å². The van der Waals surface area contributed by atoms with Crippen molar-refractivity contribution in [3.05, 3.63) is 65.2 Å². The second-order valence-electron chi connectivity index (χ2n) is 4.78. The zero-order chi connectivity index (χ0) is 15.6. The molecule has 4 aromatic rings. The van der Waals surface area contributed by atoms with E-state index < -0.39 is 0 Å². The molecule has 0 unspecified atom stereocenters. The zero-order valence-electron chi connectivity index (χ0n) is 11.8. The molecule has 4 rings (SSSR count). The van der Waals surface area contributed by atoms with Gasteiger partial charge in [-0.2, -0.15) is 9.61 Å². The highest BCUT2D eigenvalue weighted by molar-refractivity contribution is 7.17. The largest absolute Gasteiger partial charge is 0.265 e. The van der Waals surface area contributed by atoms with Crippen LogP contribution in [0.5, 0.6) is 0 Å². The first-order valence-corrected chi connectivity index (χ1v) is 7.67. The van der Waals surface area contributed by atoms with E-state index in [1.807, 2.05) is 30.4 Å². The van der Waals surface area contributed by atoms with Crippen molar-refractivity contribution in [2.75, 3.05) is 0 Å². The Morgan fingerprint density at radius 3 is 2.74 bits per heavy atom. The van der Waals surface area contributed by atoms with Gasteiger partial charge in [-0.25, -0.2) is 4.39 Å². The Morgan fingerprint density at radius 1 is 1.04 bits per heavy atom. The van der Waals surface area contributed by atoms with Crippen LogP contribution in [0, 0.1) is 5.82 Å². The average Bonchev–Trinajstić information content (AvgIpc) is 3.14. The van der Waals surface area contributed by atoms with Crippen LogP contribution in [-0.2, 0) is 0 Å². The van der Waals surface area contributed by atoms with E-state index in [0.717, 1.165) is 16.1 Å². The summed E-state index contributed by atoms with van der Waals surface area (Å²) >= 11 is 1.42. The fourth-order valence-electron chi connectivity index (χ4n) is 2.16. The zero-order valence-corrected chi connectivity index (χ0v) is 12.6. The Bertz CT molecular complexity index is 990. The van der Waals surface area contributed by atoms with Gasteiger partial charge >= 0.3 is 0 Å². The second-order valence-corrected chi connectivity index (χ2v) is 5.77. The summed E-state index contributed by atoms with van der Waals surface area (Å²) in [6, 6.07) is 10.1. The highest BCUT2D eigenvalue weighted by Gasteiger charge is 2.11. The van der Waals surface area contributed by atoms with E-state index in [0.29, 0.717) is 10.8 Å². The van der Waals surface area contributed by atoms with E-state index in [2.05, 4.69) is 20.3 Å². The average molecular weight is 323 g/mol. The van der Waals surface area contributed by atoms with E-state index in [9.17, 15) is 4.39 Å². The van der Waals surface area contributed by atoms with Crippen LogP contribution < -0.4 is 0 Å². The molecule has 0 aliphatic heterocycles. The van der Waals surface area contributed by atoms with E-state index in [-0.39, 0.29) is 5.82 Å². The van der Waals surface area contributed by atoms with Gasteiger partial charge in [-0.15, -0.1) is 10.2 Å². The molecule has 3 aromatic heterocycles. The molecule has 0 saturated heterocycles. The quantitative estimate of drug-likeness (QED) is 0.578. The minimum atomic E-state index is -0.259. The maximum Gasteiger partial charge on any atom is 0.235 e. The van der Waals surface area contributed by atoms with Gasteiger partial charge in [0.1, 0.15) is 10.8 Å². The Morgan fingerprint density at radius 2 is 1.91 bits per heavy atom. The molecule has 5 nitrogen and oxygen atoms in total. The molecule has 1 aromatic carbocycles. The number of halogens is 1. The minimum Gasteiger partial charge on any atom is -0.265 e. The molecule has 0 N–H and O–H groups in total. The summed E-state index contributed by atoms with van der Waals surface area (Å²) in [5.41, 5.74) is 1.68. The summed E-state index contributed by atoms with van der Waals surface area (Å²) in [4.78, 5) is 4.70. The third-order valence-electron chi connectivity index (χ3n) is 3.21. The van der Waals surface area contributed by atoms with Crippen molar-refractivity contribution < 1.29 is 4.39 Å². The number of pyridine rings is 1. The number of aromatic nitrogens is 5. The van der Waals surface area contributed by atoms with Gasteiger partial charge in [0.15, 0.2) is 5.82 Å². The van der Waals surface area contributed by atoms with Gasteiger partial charge in [0.25, 0.3) is 0 Å². The summed E-state index contributed by atoms with van der Waals surface area (Å²) in [6.07, 6.45) is 7.06. The van der Waals surface area contributed by atoms with Crippen LogP contribution in [0.4, 0.5) is 4.39 Å². The van der Waals surface area contributed by atoms with Crippen molar-refractivity contribution in [2.24, 2.45) is 0 Å². The van der Waals surface area contributed by atoms with Gasteiger partial charge in [0.05, 0.1) is 0 Å². The maximum atomic E-state index is 13.2. The summed E-state index contributed by atoms with van der Waals surface area (Å²) in [6.45, 7) is 0. The van der Waals surface area contributed by atoms with Gasteiger partial charge in [-0.1, -0.05) is 29.5 Å². The first-order valence-electron chi connectivity index (χ1n) is 6.86. The fraction of sp³-hybridized carbons (Fsp3) is 0. The smallest absolute Gasteiger partial charge is 0.235 e. The van der Waals surface area contributed by atoms with Crippen molar-refractivity contribution in [3.63, 3.8) is 0 Å². The molecule has 0 spiro atoms. The maximum absolute atomic E-state index is 13.2. The second kappa shape index (κ2) is 5.69. The number of hydrogen-bond donors (Lipinski definition) is 0. The van der Waals surface area contributed by atoms with Crippen LogP contribution in [0.25, 0.3) is 28.5 Å². The van der Waals surface area contributed by atoms with Crippen LogP contribution >= 0.6 is 11.3 Å². The predicted molar refractivity (Wildman–Crippen MR) is 87.2 cm³/mol. The molecule has 112 valence electrons. The van der Waals surface area contributed by atoms with Crippen LogP contribution in [0.15, 0.2) is 48.8 Å². The standard InChI is InChI=1S/C16H10FN5S/c17-13-3-1-2-11(10-13)4-5-14-21-22-15(19-20-16(22)23-14)12-6-8-18-9-7-12/h1-10H/b5-4+. The summed E-state index contributed by atoms with van der Waals surface area (Å²) < 4.78 is 14.9. The molecular weight excluding hydrogens is 313 g/mol. The van der Waals surface area contributed by atoms with E-state index in [1.54, 1.807) is 23.0 Å². The third-order valence-corrected chi connectivity index (χ3v) is 4.08. The molecule has 0 bridgehead atoms. The molecule has 3 heterocycles. The van der Waals surface area contributed by atoms with Gasteiger partial charge in [0.2, 0.25) is 4.96 Å². The lowest BCUT2D eigenvalue weighted by molar-refractivity contribution is 0.627. The highest BCUT2D eigenvalue weighted by atomic mass is 32.1. The lowest BCUT2D eigenvalue weighted by Gasteiger charge is -1.94. The number of fused-ring (bicyclic) bond motifs is 1. The Labute approximate surface area is 134 Å². The topological polar surface area (TPSA) is 56.0 Å². The fourth-order valence-corrected chi connectivity index (χ4v) is 2.90. The lowest BCUT2D eigenvalue weighted by atomic mass is 10.2. The number of rotatable bonds is 3. The van der Waals surface area contributed by atoms with Crippen LogP contribution in [0.3, 0.4) is 0 Å². The first kappa shape index (κ1) is 13.7. The van der Waals surface area contributed by atoms with Crippen molar-refractivity contribution in [1.82, 2.24) is 24.8 Å². The van der Waals surface area contributed by atoms with Crippen LogP contribution in [-0.4, -0.2) is 24.8 Å². The van der Waals surface area contributed by atoms with Crippen molar-refractivity contribution in [1.29, 1.82) is 0 Å². The molecule has 7 heteroatoms. The monoisotopic (exact) mass is 323 g/mol.